The lowest BCUT2D eigenvalue weighted by atomic mass is 10.1. The summed E-state index contributed by atoms with van der Waals surface area (Å²) in [5.74, 6) is -1.34. The lowest BCUT2D eigenvalue weighted by molar-refractivity contribution is -0.130. The standard InChI is InChI=1S/C19H25N7O2/c1-13-7-16-21-9-14(11-26(16)24-13)18(28)22-12-19(2,3)23-10-17(27)25-6-4-5-15(25)8-20/h7,9,11,15,23H,4-6,10,12H2,1-3H3,(H,22,28)/t15-/m0/s1/i2D3,3D3. The summed E-state index contributed by atoms with van der Waals surface area (Å²) in [7, 11) is 0. The molecule has 28 heavy (non-hydrogen) atoms. The molecule has 1 aliphatic rings. The predicted molar refractivity (Wildman–Crippen MR) is 102 cm³/mol. The summed E-state index contributed by atoms with van der Waals surface area (Å²) in [6, 6.07) is 3.07. The van der Waals surface area contributed by atoms with Crippen LogP contribution in [0.2, 0.25) is 0 Å². The van der Waals surface area contributed by atoms with Gasteiger partial charge in [-0.1, -0.05) is 0 Å². The molecule has 3 heterocycles. The Hall–Kier alpha value is -2.99. The van der Waals surface area contributed by atoms with Crippen LogP contribution in [0.5, 0.6) is 0 Å². The van der Waals surface area contributed by atoms with Gasteiger partial charge in [0.05, 0.1) is 23.9 Å². The summed E-state index contributed by atoms with van der Waals surface area (Å²) in [5.41, 5.74) is -1.39. The fourth-order valence-corrected chi connectivity index (χ4v) is 3.02. The number of likely N-dealkylation sites (tertiary alicyclic amines) is 1. The maximum atomic E-state index is 12.7. The highest BCUT2D eigenvalue weighted by atomic mass is 16.2. The number of nitriles is 1. The second kappa shape index (κ2) is 7.94. The van der Waals surface area contributed by atoms with Gasteiger partial charge < -0.3 is 15.5 Å². The van der Waals surface area contributed by atoms with Crippen LogP contribution in [0.1, 0.15) is 50.8 Å². The Bertz CT molecular complexity index is 1110. The molecule has 0 aliphatic carbocycles. The van der Waals surface area contributed by atoms with E-state index in [2.05, 4.69) is 20.7 Å². The fourth-order valence-electron chi connectivity index (χ4n) is 3.02. The number of carbonyl (C=O) groups excluding carboxylic acids is 2. The number of carbonyl (C=O) groups is 2. The summed E-state index contributed by atoms with van der Waals surface area (Å²) >= 11 is 0. The number of amides is 2. The van der Waals surface area contributed by atoms with Crippen LogP contribution in [0.25, 0.3) is 5.65 Å². The van der Waals surface area contributed by atoms with E-state index < -0.39 is 50.2 Å². The van der Waals surface area contributed by atoms with Gasteiger partial charge in [-0.3, -0.25) is 9.59 Å². The summed E-state index contributed by atoms with van der Waals surface area (Å²) < 4.78 is 49.0. The zero-order valence-electron chi connectivity index (χ0n) is 21.4. The monoisotopic (exact) mass is 389 g/mol. The highest BCUT2D eigenvalue weighted by Gasteiger charge is 2.29. The minimum absolute atomic E-state index is 0.0468. The van der Waals surface area contributed by atoms with Crippen LogP contribution in [0, 0.1) is 18.3 Å². The maximum absolute atomic E-state index is 12.7. The van der Waals surface area contributed by atoms with E-state index in [1.54, 1.807) is 13.0 Å². The first-order valence-corrected chi connectivity index (χ1v) is 8.83. The number of hydrogen-bond acceptors (Lipinski definition) is 6. The van der Waals surface area contributed by atoms with Crippen molar-refractivity contribution in [3.8, 4) is 6.07 Å². The summed E-state index contributed by atoms with van der Waals surface area (Å²) in [4.78, 5) is 30.8. The van der Waals surface area contributed by atoms with Gasteiger partial charge in [0.2, 0.25) is 5.91 Å². The molecule has 148 valence electrons. The van der Waals surface area contributed by atoms with Gasteiger partial charge in [-0.2, -0.15) is 10.4 Å². The first-order chi connectivity index (χ1) is 15.8. The van der Waals surface area contributed by atoms with E-state index in [4.69, 9.17) is 8.22 Å². The summed E-state index contributed by atoms with van der Waals surface area (Å²) in [6.07, 6.45) is 3.78. The Kier molecular flexibility index (Phi) is 3.75. The van der Waals surface area contributed by atoms with Crippen molar-refractivity contribution in [1.29, 1.82) is 5.26 Å². The third-order valence-electron chi connectivity index (χ3n) is 4.48. The van der Waals surface area contributed by atoms with Gasteiger partial charge in [-0.05, 0) is 33.5 Å². The van der Waals surface area contributed by atoms with Crippen LogP contribution in [0.15, 0.2) is 18.5 Å². The second-order valence-corrected chi connectivity index (χ2v) is 6.75. The van der Waals surface area contributed by atoms with Gasteiger partial charge in [-0.25, -0.2) is 9.50 Å². The molecule has 0 bridgehead atoms. The van der Waals surface area contributed by atoms with Crippen LogP contribution in [0.3, 0.4) is 0 Å². The molecule has 2 aromatic rings. The van der Waals surface area contributed by atoms with E-state index in [9.17, 15) is 14.9 Å². The molecule has 0 spiro atoms. The summed E-state index contributed by atoms with van der Waals surface area (Å²) in [6.45, 7) is -5.59. The molecule has 9 nitrogen and oxygen atoms in total. The molecule has 1 aliphatic heterocycles. The molecule has 0 unspecified atom stereocenters. The SMILES string of the molecule is [2H]C([2H])([2H])C(CNC(=O)c1cnc2cc(C)nn2c1)(NCC(=O)N1CCC[C@H]1C#N)C([2H])([2H])[2H]. The van der Waals surface area contributed by atoms with Gasteiger partial charge in [0.25, 0.3) is 5.91 Å². The molecule has 3 rings (SSSR count). The van der Waals surface area contributed by atoms with Crippen molar-refractivity contribution >= 4 is 17.5 Å². The van der Waals surface area contributed by atoms with Crippen molar-refractivity contribution < 1.29 is 17.8 Å². The van der Waals surface area contributed by atoms with E-state index in [0.717, 1.165) is 0 Å². The lowest BCUT2D eigenvalue weighted by Gasteiger charge is -2.28. The molecule has 2 aromatic heterocycles. The smallest absolute Gasteiger partial charge is 0.254 e. The van der Waals surface area contributed by atoms with Crippen LogP contribution >= 0.6 is 0 Å². The first kappa shape index (κ1) is 13.2. The summed E-state index contributed by atoms with van der Waals surface area (Å²) in [5, 5.41) is 18.1. The van der Waals surface area contributed by atoms with Gasteiger partial charge in [0, 0.05) is 45.3 Å². The zero-order valence-corrected chi connectivity index (χ0v) is 15.4. The third kappa shape index (κ3) is 4.46. The third-order valence-corrected chi connectivity index (χ3v) is 4.48. The van der Waals surface area contributed by atoms with E-state index in [-0.39, 0.29) is 5.56 Å². The normalized spacial score (nSPS) is 21.0. The van der Waals surface area contributed by atoms with E-state index in [1.165, 1.54) is 21.8 Å². The van der Waals surface area contributed by atoms with Crippen molar-refractivity contribution in [3.63, 3.8) is 0 Å². The van der Waals surface area contributed by atoms with Gasteiger partial charge in [0.15, 0.2) is 5.65 Å². The number of rotatable bonds is 6. The molecule has 9 heteroatoms. The van der Waals surface area contributed by atoms with Crippen molar-refractivity contribution in [1.82, 2.24) is 30.1 Å². The van der Waals surface area contributed by atoms with Crippen molar-refractivity contribution in [2.45, 2.75) is 45.0 Å². The average Bonchev–Trinajstić information content (AvgIpc) is 3.36. The number of nitrogens with zero attached hydrogens (tertiary/aromatic N) is 5. The van der Waals surface area contributed by atoms with Gasteiger partial charge in [0.1, 0.15) is 6.04 Å². The topological polar surface area (TPSA) is 115 Å². The number of fused-ring (bicyclic) bond motifs is 1. The van der Waals surface area contributed by atoms with Crippen molar-refractivity contribution in [2.24, 2.45) is 0 Å². The molecule has 2 amide bonds. The fraction of sp³-hybridized carbons (Fsp3) is 0.526. The van der Waals surface area contributed by atoms with Crippen molar-refractivity contribution in [3.05, 3.63) is 29.7 Å². The average molecular weight is 389 g/mol. The Morgan fingerprint density at radius 1 is 1.50 bits per heavy atom. The molecule has 0 radical (unpaired) electrons. The zero-order chi connectivity index (χ0) is 25.3. The lowest BCUT2D eigenvalue weighted by Crippen LogP contribution is -2.52. The van der Waals surface area contributed by atoms with E-state index in [0.29, 0.717) is 30.7 Å². The highest BCUT2D eigenvalue weighted by molar-refractivity contribution is 5.93. The van der Waals surface area contributed by atoms with Gasteiger partial charge >= 0.3 is 0 Å². The molecule has 0 aromatic carbocycles. The van der Waals surface area contributed by atoms with Crippen LogP contribution in [-0.4, -0.2) is 62.5 Å². The molecule has 1 atom stereocenters. The number of aryl methyl sites for hydroxylation is 1. The number of hydrogen-bond donors (Lipinski definition) is 2. The number of nitrogens with one attached hydrogen (secondary N) is 2. The quantitative estimate of drug-likeness (QED) is 0.749. The minimum Gasteiger partial charge on any atom is -0.350 e. The van der Waals surface area contributed by atoms with Crippen LogP contribution in [-0.2, 0) is 4.79 Å². The van der Waals surface area contributed by atoms with Gasteiger partial charge in [-0.15, -0.1) is 0 Å². The second-order valence-electron chi connectivity index (χ2n) is 6.75. The maximum Gasteiger partial charge on any atom is 0.254 e. The van der Waals surface area contributed by atoms with E-state index in [1.807, 2.05) is 6.07 Å². The Balaban J connectivity index is 1.81. The Morgan fingerprint density at radius 3 is 3.07 bits per heavy atom. The van der Waals surface area contributed by atoms with Crippen LogP contribution < -0.4 is 10.6 Å². The molecule has 1 saturated heterocycles. The van der Waals surface area contributed by atoms with Crippen molar-refractivity contribution in [2.75, 3.05) is 19.6 Å². The first-order valence-electron chi connectivity index (χ1n) is 11.8. The molecule has 1 fully saturated rings. The molecular weight excluding hydrogens is 358 g/mol. The minimum atomic E-state index is -3.12. The highest BCUT2D eigenvalue weighted by Crippen LogP contribution is 2.16. The Morgan fingerprint density at radius 2 is 2.32 bits per heavy atom. The van der Waals surface area contributed by atoms with E-state index >= 15 is 0 Å². The molecule has 0 saturated carbocycles. The van der Waals surface area contributed by atoms with Crippen LogP contribution in [0.4, 0.5) is 0 Å². The molecule has 2 N–H and O–H groups in total. The largest absolute Gasteiger partial charge is 0.350 e. The molecular formula is C19H25N7O2. The predicted octanol–water partition coefficient (Wildman–Crippen LogP) is 0.650. The number of aromatic nitrogens is 3. The Labute approximate surface area is 172 Å².